The predicted octanol–water partition coefficient (Wildman–Crippen LogP) is 6.04. The second kappa shape index (κ2) is 9.73. The highest BCUT2D eigenvalue weighted by molar-refractivity contribution is 5.79. The fraction of sp³-hybridized carbons (Fsp3) is 0.536. The van der Waals surface area contributed by atoms with Crippen LogP contribution in [-0.2, 0) is 17.4 Å². The molecule has 0 N–H and O–H groups in total. The van der Waals surface area contributed by atoms with E-state index in [0.29, 0.717) is 30.1 Å². The summed E-state index contributed by atoms with van der Waals surface area (Å²) in [5, 5.41) is 0. The van der Waals surface area contributed by atoms with Gasteiger partial charge in [-0.05, 0) is 74.6 Å². The predicted molar refractivity (Wildman–Crippen MR) is 126 cm³/mol. The minimum absolute atomic E-state index is 0.0370. The second-order valence-corrected chi connectivity index (χ2v) is 10.2. The molecule has 2 saturated heterocycles. The molecule has 1 aliphatic carbocycles. The lowest BCUT2D eigenvalue weighted by Gasteiger charge is -2.46. The molecule has 0 spiro atoms. The van der Waals surface area contributed by atoms with Crippen LogP contribution < -0.4 is 0 Å². The number of fused-ring (bicyclic) bond motifs is 1. The third kappa shape index (κ3) is 4.88. The molecule has 2 heterocycles. The first-order valence-electron chi connectivity index (χ1n) is 12.7. The molecule has 1 saturated carbocycles. The summed E-state index contributed by atoms with van der Waals surface area (Å²) >= 11 is 0. The Kier molecular flexibility index (Phi) is 6.70. The van der Waals surface area contributed by atoms with Gasteiger partial charge in [-0.25, -0.2) is 0 Å². The highest BCUT2D eigenvalue weighted by Gasteiger charge is 2.44. The average Bonchev–Trinajstić information content (AvgIpc) is 3.29. The Morgan fingerprint density at radius 3 is 2.35 bits per heavy atom. The molecular formula is C28H33F3N2O. The maximum absolute atomic E-state index is 13.1. The molecule has 1 amide bonds. The summed E-state index contributed by atoms with van der Waals surface area (Å²) in [6.45, 7) is 1.81. The monoisotopic (exact) mass is 470 g/mol. The number of piperidine rings is 1. The first kappa shape index (κ1) is 23.4. The van der Waals surface area contributed by atoms with Crippen molar-refractivity contribution in [3.63, 3.8) is 0 Å². The maximum atomic E-state index is 13.1. The zero-order valence-electron chi connectivity index (χ0n) is 19.5. The van der Waals surface area contributed by atoms with Gasteiger partial charge in [0.1, 0.15) is 0 Å². The number of carbonyl (C=O) groups excluding carboxylic acids is 1. The molecule has 3 fully saturated rings. The quantitative estimate of drug-likeness (QED) is 0.544. The van der Waals surface area contributed by atoms with Crippen molar-refractivity contribution in [3.8, 4) is 0 Å². The third-order valence-corrected chi connectivity index (χ3v) is 8.22. The number of benzene rings is 2. The zero-order valence-corrected chi connectivity index (χ0v) is 19.5. The number of amides is 1. The highest BCUT2D eigenvalue weighted by atomic mass is 19.4. The maximum Gasteiger partial charge on any atom is 0.416 e. The summed E-state index contributed by atoms with van der Waals surface area (Å²) in [4.78, 5) is 17.8. The first-order chi connectivity index (χ1) is 16.4. The van der Waals surface area contributed by atoms with Crippen molar-refractivity contribution >= 4 is 5.91 Å². The Morgan fingerprint density at radius 1 is 0.853 bits per heavy atom. The Labute approximate surface area is 199 Å². The Morgan fingerprint density at radius 2 is 1.62 bits per heavy atom. The summed E-state index contributed by atoms with van der Waals surface area (Å²) in [6, 6.07) is 17.2. The van der Waals surface area contributed by atoms with Gasteiger partial charge in [0.2, 0.25) is 5.91 Å². The van der Waals surface area contributed by atoms with Crippen LogP contribution in [0.1, 0.15) is 67.6 Å². The van der Waals surface area contributed by atoms with Gasteiger partial charge < -0.3 is 4.90 Å². The van der Waals surface area contributed by atoms with E-state index in [-0.39, 0.29) is 18.4 Å². The normalized spacial score (nSPS) is 28.0. The highest BCUT2D eigenvalue weighted by Crippen LogP contribution is 2.39. The van der Waals surface area contributed by atoms with Crippen molar-refractivity contribution in [1.82, 2.24) is 9.80 Å². The van der Waals surface area contributed by atoms with Gasteiger partial charge in [-0.15, -0.1) is 0 Å². The minimum Gasteiger partial charge on any atom is -0.338 e. The number of rotatable bonds is 4. The molecule has 2 aromatic rings. The fourth-order valence-corrected chi connectivity index (χ4v) is 6.58. The van der Waals surface area contributed by atoms with E-state index >= 15 is 0 Å². The van der Waals surface area contributed by atoms with Crippen LogP contribution in [0.4, 0.5) is 13.2 Å². The lowest BCUT2D eigenvalue weighted by Crippen LogP contribution is -2.55. The summed E-state index contributed by atoms with van der Waals surface area (Å²) in [6.07, 6.45) is 3.50. The standard InChI is InChI=1S/C28H33F3N2O/c29-28(30,31)23-9-4-6-20(18-23)19-27(34)33-17-15-26-25(33)10-5-16-32(26)24-13-11-22(12-14-24)21-7-2-1-3-8-21/h1-4,6-9,18,22,24-26H,5,10-17,19H2. The summed E-state index contributed by atoms with van der Waals surface area (Å²) in [7, 11) is 0. The van der Waals surface area contributed by atoms with E-state index in [9.17, 15) is 18.0 Å². The number of alkyl halides is 3. The van der Waals surface area contributed by atoms with Crippen LogP contribution in [0.2, 0.25) is 0 Å². The third-order valence-electron chi connectivity index (χ3n) is 8.22. The Balaban J connectivity index is 1.21. The molecule has 2 unspecified atom stereocenters. The van der Waals surface area contributed by atoms with Gasteiger partial charge >= 0.3 is 6.18 Å². The molecule has 182 valence electrons. The number of hydrogen-bond donors (Lipinski definition) is 0. The molecule has 5 rings (SSSR count). The van der Waals surface area contributed by atoms with Crippen molar-refractivity contribution in [2.24, 2.45) is 0 Å². The smallest absolute Gasteiger partial charge is 0.338 e. The van der Waals surface area contributed by atoms with E-state index in [4.69, 9.17) is 0 Å². The topological polar surface area (TPSA) is 23.6 Å². The van der Waals surface area contributed by atoms with Crippen LogP contribution in [0.15, 0.2) is 54.6 Å². The van der Waals surface area contributed by atoms with Gasteiger partial charge in [0, 0.05) is 24.7 Å². The summed E-state index contributed by atoms with van der Waals surface area (Å²) in [5.41, 5.74) is 1.20. The van der Waals surface area contributed by atoms with Crippen molar-refractivity contribution in [2.45, 2.75) is 81.6 Å². The summed E-state index contributed by atoms with van der Waals surface area (Å²) < 4.78 is 39.2. The first-order valence-corrected chi connectivity index (χ1v) is 12.7. The van der Waals surface area contributed by atoms with Crippen molar-refractivity contribution in [1.29, 1.82) is 0 Å². The van der Waals surface area contributed by atoms with Crippen LogP contribution >= 0.6 is 0 Å². The largest absolute Gasteiger partial charge is 0.416 e. The van der Waals surface area contributed by atoms with Crippen LogP contribution in [0.5, 0.6) is 0 Å². The van der Waals surface area contributed by atoms with Crippen molar-refractivity contribution in [2.75, 3.05) is 13.1 Å². The van der Waals surface area contributed by atoms with Crippen molar-refractivity contribution < 1.29 is 18.0 Å². The van der Waals surface area contributed by atoms with E-state index < -0.39 is 11.7 Å². The molecule has 2 atom stereocenters. The Hall–Kier alpha value is -2.34. The number of halogens is 3. The average molecular weight is 471 g/mol. The van der Waals surface area contributed by atoms with E-state index in [0.717, 1.165) is 37.9 Å². The molecule has 2 aliphatic heterocycles. The molecular weight excluding hydrogens is 437 g/mol. The number of likely N-dealkylation sites (tertiary alicyclic amines) is 2. The van der Waals surface area contributed by atoms with Crippen LogP contribution in [-0.4, -0.2) is 46.9 Å². The molecule has 0 radical (unpaired) electrons. The number of hydrogen-bond acceptors (Lipinski definition) is 2. The molecule has 34 heavy (non-hydrogen) atoms. The van der Waals surface area contributed by atoms with Gasteiger partial charge in [-0.3, -0.25) is 9.69 Å². The van der Waals surface area contributed by atoms with Crippen LogP contribution in [0.25, 0.3) is 0 Å². The van der Waals surface area contributed by atoms with Gasteiger partial charge in [0.15, 0.2) is 0 Å². The SMILES string of the molecule is O=C(Cc1cccc(C(F)(F)F)c1)N1CCC2C1CCCN2C1CCC(c2ccccc2)CC1. The fourth-order valence-electron chi connectivity index (χ4n) is 6.58. The van der Waals surface area contributed by atoms with Gasteiger partial charge in [-0.2, -0.15) is 13.2 Å². The second-order valence-electron chi connectivity index (χ2n) is 10.2. The van der Waals surface area contributed by atoms with E-state index in [1.54, 1.807) is 6.07 Å². The lowest BCUT2D eigenvalue weighted by molar-refractivity contribution is -0.138. The van der Waals surface area contributed by atoms with E-state index in [2.05, 4.69) is 35.2 Å². The molecule has 6 heteroatoms. The molecule has 2 aromatic carbocycles. The molecule has 3 nitrogen and oxygen atoms in total. The molecule has 0 bridgehead atoms. The number of nitrogens with zero attached hydrogens (tertiary/aromatic N) is 2. The van der Waals surface area contributed by atoms with Crippen LogP contribution in [0, 0.1) is 0 Å². The van der Waals surface area contributed by atoms with Gasteiger partial charge in [0.05, 0.1) is 12.0 Å². The van der Waals surface area contributed by atoms with E-state index in [1.807, 2.05) is 4.90 Å². The van der Waals surface area contributed by atoms with Crippen LogP contribution in [0.3, 0.4) is 0 Å². The number of carbonyl (C=O) groups is 1. The van der Waals surface area contributed by atoms with E-state index in [1.165, 1.54) is 37.3 Å². The van der Waals surface area contributed by atoms with Gasteiger partial charge in [0.25, 0.3) is 0 Å². The molecule has 0 aromatic heterocycles. The van der Waals surface area contributed by atoms with Crippen molar-refractivity contribution in [3.05, 3.63) is 71.3 Å². The lowest BCUT2D eigenvalue weighted by atomic mass is 9.80. The van der Waals surface area contributed by atoms with Gasteiger partial charge in [-0.1, -0.05) is 48.5 Å². The Bertz CT molecular complexity index is 985. The summed E-state index contributed by atoms with van der Waals surface area (Å²) in [5.74, 6) is 0.605. The minimum atomic E-state index is -4.39. The zero-order chi connectivity index (χ0) is 23.7. The molecule has 3 aliphatic rings.